The zero-order valence-corrected chi connectivity index (χ0v) is 10.7. The van der Waals surface area contributed by atoms with Crippen molar-refractivity contribution >= 4 is 5.97 Å². The van der Waals surface area contributed by atoms with Gasteiger partial charge < -0.3 is 14.6 Å². The number of carbonyl (C=O) groups is 1. The first-order valence-electron chi connectivity index (χ1n) is 6.39. The number of hydrogen-bond acceptors (Lipinski definition) is 4. The molecule has 1 rings (SSSR count). The van der Waals surface area contributed by atoms with Crippen molar-refractivity contribution in [2.75, 3.05) is 13.2 Å². The van der Waals surface area contributed by atoms with Gasteiger partial charge in [-0.2, -0.15) is 0 Å². The SMILES string of the molecule is CCCC/C(C(=O)OCC)=C1/CC[C@H](CO)O1. The predicted octanol–water partition coefficient (Wildman–Crippen LogP) is 2.17. The summed E-state index contributed by atoms with van der Waals surface area (Å²) in [6, 6.07) is 0. The largest absolute Gasteiger partial charge is 0.492 e. The molecule has 1 heterocycles. The van der Waals surface area contributed by atoms with Crippen LogP contribution in [0.3, 0.4) is 0 Å². The van der Waals surface area contributed by atoms with Crippen LogP contribution in [0.15, 0.2) is 11.3 Å². The maximum Gasteiger partial charge on any atom is 0.337 e. The molecule has 0 aliphatic carbocycles. The Morgan fingerprint density at radius 1 is 1.53 bits per heavy atom. The molecule has 98 valence electrons. The van der Waals surface area contributed by atoms with E-state index >= 15 is 0 Å². The zero-order valence-electron chi connectivity index (χ0n) is 10.7. The van der Waals surface area contributed by atoms with Crippen LogP contribution in [0.25, 0.3) is 0 Å². The number of ether oxygens (including phenoxy) is 2. The third-order valence-electron chi connectivity index (χ3n) is 2.84. The average molecular weight is 242 g/mol. The van der Waals surface area contributed by atoms with E-state index in [4.69, 9.17) is 14.6 Å². The fourth-order valence-corrected chi connectivity index (χ4v) is 1.89. The molecule has 0 aromatic rings. The molecule has 0 aromatic heterocycles. The molecule has 0 saturated carbocycles. The second kappa shape index (κ2) is 7.33. The number of allylic oxidation sites excluding steroid dienone is 1. The second-order valence-corrected chi connectivity index (χ2v) is 4.19. The van der Waals surface area contributed by atoms with Crippen LogP contribution in [0, 0.1) is 0 Å². The Hall–Kier alpha value is -1.03. The lowest BCUT2D eigenvalue weighted by Crippen LogP contribution is -2.13. The Bertz CT molecular complexity index is 283. The summed E-state index contributed by atoms with van der Waals surface area (Å²) in [4.78, 5) is 11.8. The molecule has 4 heteroatoms. The minimum absolute atomic E-state index is 0.00732. The van der Waals surface area contributed by atoms with Gasteiger partial charge in [0.15, 0.2) is 0 Å². The topological polar surface area (TPSA) is 55.8 Å². The third kappa shape index (κ3) is 4.04. The van der Waals surface area contributed by atoms with Gasteiger partial charge in [0.25, 0.3) is 0 Å². The molecule has 0 amide bonds. The highest BCUT2D eigenvalue weighted by Crippen LogP contribution is 2.28. The molecule has 0 aromatic carbocycles. The van der Waals surface area contributed by atoms with Gasteiger partial charge in [-0.15, -0.1) is 0 Å². The summed E-state index contributed by atoms with van der Waals surface area (Å²) in [6.07, 6.45) is 4.02. The summed E-state index contributed by atoms with van der Waals surface area (Å²) >= 11 is 0. The third-order valence-corrected chi connectivity index (χ3v) is 2.84. The fraction of sp³-hybridized carbons (Fsp3) is 0.769. The molecule has 1 aliphatic heterocycles. The van der Waals surface area contributed by atoms with Gasteiger partial charge in [0, 0.05) is 6.42 Å². The minimum Gasteiger partial charge on any atom is -0.492 e. The standard InChI is InChI=1S/C13H22O4/c1-3-5-6-11(13(15)16-4-2)12-8-7-10(9-14)17-12/h10,14H,3-9H2,1-2H3/b12-11+/t10-/m1/s1. The summed E-state index contributed by atoms with van der Waals surface area (Å²) in [5.74, 6) is 0.450. The van der Waals surface area contributed by atoms with E-state index in [0.29, 0.717) is 18.6 Å². The van der Waals surface area contributed by atoms with Gasteiger partial charge in [-0.3, -0.25) is 0 Å². The average Bonchev–Trinajstić information content (AvgIpc) is 2.78. The summed E-state index contributed by atoms with van der Waals surface area (Å²) in [5.41, 5.74) is 0.657. The van der Waals surface area contributed by atoms with Crippen LogP contribution in [-0.2, 0) is 14.3 Å². The molecule has 1 atom stereocenters. The number of unbranched alkanes of at least 4 members (excludes halogenated alkanes) is 1. The summed E-state index contributed by atoms with van der Waals surface area (Å²) in [7, 11) is 0. The van der Waals surface area contributed by atoms with Crippen LogP contribution in [0.1, 0.15) is 46.0 Å². The first-order chi connectivity index (χ1) is 8.22. The lowest BCUT2D eigenvalue weighted by Gasteiger charge is -2.12. The molecular weight excluding hydrogens is 220 g/mol. The van der Waals surface area contributed by atoms with E-state index in [9.17, 15) is 4.79 Å². The van der Waals surface area contributed by atoms with Gasteiger partial charge in [0.05, 0.1) is 18.8 Å². The highest BCUT2D eigenvalue weighted by molar-refractivity contribution is 5.89. The minimum atomic E-state index is -0.269. The maximum absolute atomic E-state index is 11.8. The molecule has 1 aliphatic rings. The smallest absolute Gasteiger partial charge is 0.337 e. The van der Waals surface area contributed by atoms with Crippen LogP contribution in [0.2, 0.25) is 0 Å². The highest BCUT2D eigenvalue weighted by Gasteiger charge is 2.26. The lowest BCUT2D eigenvalue weighted by atomic mass is 10.1. The lowest BCUT2D eigenvalue weighted by molar-refractivity contribution is -0.139. The van der Waals surface area contributed by atoms with E-state index in [2.05, 4.69) is 6.92 Å². The van der Waals surface area contributed by atoms with E-state index < -0.39 is 0 Å². The van der Waals surface area contributed by atoms with Gasteiger partial charge in [-0.05, 0) is 26.2 Å². The van der Waals surface area contributed by atoms with E-state index in [0.717, 1.165) is 31.4 Å². The van der Waals surface area contributed by atoms with E-state index in [1.807, 2.05) is 0 Å². The second-order valence-electron chi connectivity index (χ2n) is 4.19. The Labute approximate surface area is 103 Å². The van der Waals surface area contributed by atoms with Crippen LogP contribution in [0.4, 0.5) is 0 Å². The molecule has 0 radical (unpaired) electrons. The van der Waals surface area contributed by atoms with Gasteiger partial charge in [-0.25, -0.2) is 4.79 Å². The van der Waals surface area contributed by atoms with Crippen molar-refractivity contribution in [1.82, 2.24) is 0 Å². The monoisotopic (exact) mass is 242 g/mol. The Morgan fingerprint density at radius 3 is 2.82 bits per heavy atom. The number of aliphatic hydroxyl groups is 1. The Balaban J connectivity index is 2.74. The van der Waals surface area contributed by atoms with E-state index in [-0.39, 0.29) is 18.7 Å². The number of carbonyl (C=O) groups excluding carboxylic acids is 1. The molecule has 1 fully saturated rings. The molecular formula is C13H22O4. The van der Waals surface area contributed by atoms with Gasteiger partial charge in [0.1, 0.15) is 11.9 Å². The van der Waals surface area contributed by atoms with Crippen molar-refractivity contribution < 1.29 is 19.4 Å². The first kappa shape index (κ1) is 14.0. The fourth-order valence-electron chi connectivity index (χ4n) is 1.89. The van der Waals surface area contributed by atoms with Crippen molar-refractivity contribution in [3.8, 4) is 0 Å². The van der Waals surface area contributed by atoms with Crippen molar-refractivity contribution in [3.05, 3.63) is 11.3 Å². The molecule has 4 nitrogen and oxygen atoms in total. The van der Waals surface area contributed by atoms with Crippen molar-refractivity contribution in [2.24, 2.45) is 0 Å². The number of esters is 1. The zero-order chi connectivity index (χ0) is 12.7. The first-order valence-corrected chi connectivity index (χ1v) is 6.39. The molecule has 1 saturated heterocycles. The van der Waals surface area contributed by atoms with Crippen LogP contribution in [0.5, 0.6) is 0 Å². The van der Waals surface area contributed by atoms with E-state index in [1.54, 1.807) is 6.92 Å². The molecule has 1 N–H and O–H groups in total. The molecule has 0 spiro atoms. The molecule has 0 unspecified atom stereocenters. The normalized spacial score (nSPS) is 22.2. The number of rotatable bonds is 6. The van der Waals surface area contributed by atoms with Crippen LogP contribution < -0.4 is 0 Å². The Morgan fingerprint density at radius 2 is 2.29 bits per heavy atom. The predicted molar refractivity (Wildman–Crippen MR) is 64.4 cm³/mol. The van der Waals surface area contributed by atoms with Crippen molar-refractivity contribution in [1.29, 1.82) is 0 Å². The number of aliphatic hydroxyl groups excluding tert-OH is 1. The van der Waals surface area contributed by atoms with Gasteiger partial charge in [0.2, 0.25) is 0 Å². The van der Waals surface area contributed by atoms with Crippen molar-refractivity contribution in [2.45, 2.75) is 52.1 Å². The summed E-state index contributed by atoms with van der Waals surface area (Å²) in [6.45, 7) is 4.27. The Kier molecular flexibility index (Phi) is 6.05. The van der Waals surface area contributed by atoms with Crippen LogP contribution >= 0.6 is 0 Å². The van der Waals surface area contributed by atoms with Crippen molar-refractivity contribution in [3.63, 3.8) is 0 Å². The van der Waals surface area contributed by atoms with Gasteiger partial charge >= 0.3 is 5.97 Å². The molecule has 17 heavy (non-hydrogen) atoms. The summed E-state index contributed by atoms with van der Waals surface area (Å²) in [5, 5.41) is 9.02. The highest BCUT2D eigenvalue weighted by atomic mass is 16.5. The molecule has 0 bridgehead atoms. The summed E-state index contributed by atoms with van der Waals surface area (Å²) < 4.78 is 10.6. The van der Waals surface area contributed by atoms with Crippen LogP contribution in [-0.4, -0.2) is 30.4 Å². The van der Waals surface area contributed by atoms with Gasteiger partial charge in [-0.1, -0.05) is 13.3 Å². The maximum atomic E-state index is 11.8. The van der Waals surface area contributed by atoms with E-state index in [1.165, 1.54) is 0 Å². The number of hydrogen-bond donors (Lipinski definition) is 1. The quantitative estimate of drug-likeness (QED) is 0.573.